The second-order valence-corrected chi connectivity index (χ2v) is 8.23. The van der Waals surface area contributed by atoms with Gasteiger partial charge in [-0.15, -0.1) is 0 Å². The number of hydrogen-bond donors (Lipinski definition) is 0. The van der Waals surface area contributed by atoms with Crippen LogP contribution in [-0.2, 0) is 16.4 Å². The molecular formula is C18H20ClNO4S. The van der Waals surface area contributed by atoms with Crippen LogP contribution >= 0.6 is 11.6 Å². The van der Waals surface area contributed by atoms with Gasteiger partial charge in [0, 0.05) is 17.6 Å². The van der Waals surface area contributed by atoms with E-state index in [0.29, 0.717) is 29.5 Å². The van der Waals surface area contributed by atoms with Crippen molar-refractivity contribution >= 4 is 21.6 Å². The molecule has 0 N–H and O–H groups in total. The Hall–Kier alpha value is -1.76. The van der Waals surface area contributed by atoms with Crippen molar-refractivity contribution in [3.8, 4) is 11.5 Å². The lowest BCUT2D eigenvalue weighted by Crippen LogP contribution is -2.38. The Balaban J connectivity index is 2.01. The Morgan fingerprint density at radius 1 is 1.08 bits per heavy atom. The predicted octanol–water partition coefficient (Wildman–Crippen LogP) is 3.67. The van der Waals surface area contributed by atoms with Crippen molar-refractivity contribution in [1.29, 1.82) is 0 Å². The molecule has 3 rings (SSSR count). The molecule has 1 atom stereocenters. The molecule has 5 nitrogen and oxygen atoms in total. The summed E-state index contributed by atoms with van der Waals surface area (Å²) in [5.41, 5.74) is 2.01. The van der Waals surface area contributed by atoms with Gasteiger partial charge in [-0.25, -0.2) is 8.42 Å². The molecule has 0 saturated heterocycles. The first-order chi connectivity index (χ1) is 11.9. The molecule has 25 heavy (non-hydrogen) atoms. The van der Waals surface area contributed by atoms with E-state index in [1.807, 2.05) is 19.1 Å². The molecule has 0 radical (unpaired) electrons. The fourth-order valence-corrected chi connectivity index (χ4v) is 4.93. The maximum Gasteiger partial charge on any atom is 0.243 e. The molecule has 1 aliphatic heterocycles. The van der Waals surface area contributed by atoms with Crippen molar-refractivity contribution in [3.63, 3.8) is 0 Å². The zero-order valence-electron chi connectivity index (χ0n) is 14.3. The summed E-state index contributed by atoms with van der Waals surface area (Å²) in [6, 6.07) is 9.74. The Morgan fingerprint density at radius 3 is 2.28 bits per heavy atom. The Morgan fingerprint density at radius 2 is 1.68 bits per heavy atom. The highest BCUT2D eigenvalue weighted by Gasteiger charge is 2.34. The molecule has 0 aliphatic carbocycles. The molecule has 0 amide bonds. The third kappa shape index (κ3) is 3.21. The van der Waals surface area contributed by atoms with E-state index in [2.05, 4.69) is 0 Å². The molecule has 1 heterocycles. The Kier molecular flexibility index (Phi) is 4.95. The number of benzene rings is 2. The van der Waals surface area contributed by atoms with Crippen LogP contribution in [0.25, 0.3) is 0 Å². The molecule has 0 spiro atoms. The van der Waals surface area contributed by atoms with Gasteiger partial charge in [-0.05, 0) is 60.9 Å². The van der Waals surface area contributed by atoms with Crippen molar-refractivity contribution in [2.75, 3.05) is 20.8 Å². The van der Waals surface area contributed by atoms with E-state index < -0.39 is 10.0 Å². The summed E-state index contributed by atoms with van der Waals surface area (Å²) in [6.45, 7) is 2.30. The van der Waals surface area contributed by atoms with E-state index in [1.54, 1.807) is 26.4 Å². The summed E-state index contributed by atoms with van der Waals surface area (Å²) < 4.78 is 38.3. The average molecular weight is 382 g/mol. The molecule has 2 aromatic rings. The van der Waals surface area contributed by atoms with Crippen LogP contribution in [0.1, 0.15) is 24.1 Å². The van der Waals surface area contributed by atoms with Gasteiger partial charge in [0.15, 0.2) is 11.5 Å². The Labute approximate surface area is 153 Å². The van der Waals surface area contributed by atoms with E-state index in [-0.39, 0.29) is 10.9 Å². The van der Waals surface area contributed by atoms with Crippen molar-refractivity contribution in [3.05, 3.63) is 52.5 Å². The summed E-state index contributed by atoms with van der Waals surface area (Å²) in [5, 5.41) is 0.507. The number of fused-ring (bicyclic) bond motifs is 1. The molecule has 7 heteroatoms. The van der Waals surface area contributed by atoms with E-state index in [4.69, 9.17) is 21.1 Å². The average Bonchev–Trinajstić information content (AvgIpc) is 2.61. The van der Waals surface area contributed by atoms with E-state index in [0.717, 1.165) is 11.1 Å². The topological polar surface area (TPSA) is 55.8 Å². The fraction of sp³-hybridized carbons (Fsp3) is 0.333. The maximum atomic E-state index is 13.0. The molecule has 134 valence electrons. The molecule has 0 fully saturated rings. The zero-order valence-corrected chi connectivity index (χ0v) is 15.9. The normalized spacial score (nSPS) is 17.8. The zero-order chi connectivity index (χ0) is 18.2. The van der Waals surface area contributed by atoms with Crippen LogP contribution in [-0.4, -0.2) is 33.5 Å². The van der Waals surface area contributed by atoms with Crippen LogP contribution in [0.4, 0.5) is 0 Å². The third-order valence-corrected chi connectivity index (χ3v) is 6.79. The van der Waals surface area contributed by atoms with Gasteiger partial charge in [0.1, 0.15) is 0 Å². The second kappa shape index (κ2) is 6.86. The summed E-state index contributed by atoms with van der Waals surface area (Å²) in [4.78, 5) is 0.243. The van der Waals surface area contributed by atoms with Gasteiger partial charge in [-0.3, -0.25) is 0 Å². The molecule has 0 saturated carbocycles. The van der Waals surface area contributed by atoms with Crippen molar-refractivity contribution < 1.29 is 17.9 Å². The largest absolute Gasteiger partial charge is 0.493 e. The number of halogens is 1. The van der Waals surface area contributed by atoms with Gasteiger partial charge >= 0.3 is 0 Å². The first-order valence-corrected chi connectivity index (χ1v) is 9.72. The van der Waals surface area contributed by atoms with Gasteiger partial charge in [-0.1, -0.05) is 11.6 Å². The standard InChI is InChI=1S/C18H20ClNO4S/c1-12-16-11-18(24-3)17(23-2)10-13(16)8-9-20(12)25(21,22)15-6-4-14(19)5-7-15/h4-7,10-12H,8-9H2,1-3H3. The predicted molar refractivity (Wildman–Crippen MR) is 97.0 cm³/mol. The smallest absolute Gasteiger partial charge is 0.243 e. The van der Waals surface area contributed by atoms with Crippen LogP contribution < -0.4 is 9.47 Å². The van der Waals surface area contributed by atoms with Gasteiger partial charge in [-0.2, -0.15) is 4.31 Å². The van der Waals surface area contributed by atoms with Gasteiger partial charge in [0.05, 0.1) is 19.1 Å². The quantitative estimate of drug-likeness (QED) is 0.810. The van der Waals surface area contributed by atoms with Gasteiger partial charge < -0.3 is 9.47 Å². The number of sulfonamides is 1. The highest BCUT2D eigenvalue weighted by molar-refractivity contribution is 7.89. The van der Waals surface area contributed by atoms with Gasteiger partial charge in [0.2, 0.25) is 10.0 Å². The van der Waals surface area contributed by atoms with E-state index >= 15 is 0 Å². The van der Waals surface area contributed by atoms with Crippen LogP contribution in [0.5, 0.6) is 11.5 Å². The first-order valence-electron chi connectivity index (χ1n) is 7.90. The number of methoxy groups -OCH3 is 2. The number of nitrogens with zero attached hydrogens (tertiary/aromatic N) is 1. The lowest BCUT2D eigenvalue weighted by molar-refractivity contribution is 0.319. The number of hydrogen-bond acceptors (Lipinski definition) is 4. The molecule has 1 aliphatic rings. The fourth-order valence-electron chi connectivity index (χ4n) is 3.19. The van der Waals surface area contributed by atoms with Crippen LogP contribution in [0.2, 0.25) is 5.02 Å². The third-order valence-electron chi connectivity index (χ3n) is 4.55. The summed E-state index contributed by atoms with van der Waals surface area (Å²) in [6.07, 6.45) is 0.618. The van der Waals surface area contributed by atoms with Gasteiger partial charge in [0.25, 0.3) is 0 Å². The maximum absolute atomic E-state index is 13.0. The minimum absolute atomic E-state index is 0.243. The van der Waals surface area contributed by atoms with E-state index in [9.17, 15) is 8.42 Å². The summed E-state index contributed by atoms with van der Waals surface area (Å²) in [5.74, 6) is 1.25. The highest BCUT2D eigenvalue weighted by atomic mass is 35.5. The van der Waals surface area contributed by atoms with Crippen LogP contribution in [0, 0.1) is 0 Å². The summed E-state index contributed by atoms with van der Waals surface area (Å²) in [7, 11) is -0.443. The second-order valence-electron chi connectivity index (χ2n) is 5.90. The molecule has 0 aromatic heterocycles. The monoisotopic (exact) mass is 381 g/mol. The first kappa shape index (κ1) is 18.0. The van der Waals surface area contributed by atoms with Crippen molar-refractivity contribution in [2.24, 2.45) is 0 Å². The SMILES string of the molecule is COc1cc2c(cc1OC)C(C)N(S(=O)(=O)c1ccc(Cl)cc1)CC2. The van der Waals surface area contributed by atoms with Crippen molar-refractivity contribution in [1.82, 2.24) is 4.31 Å². The molecule has 1 unspecified atom stereocenters. The van der Waals surface area contributed by atoms with Crippen LogP contribution in [0.15, 0.2) is 41.3 Å². The summed E-state index contributed by atoms with van der Waals surface area (Å²) >= 11 is 5.87. The minimum atomic E-state index is -3.60. The Bertz CT molecular complexity index is 881. The molecule has 0 bridgehead atoms. The molecular weight excluding hydrogens is 362 g/mol. The number of rotatable bonds is 4. The lowest BCUT2D eigenvalue weighted by Gasteiger charge is -2.34. The minimum Gasteiger partial charge on any atom is -0.493 e. The lowest BCUT2D eigenvalue weighted by atomic mass is 9.94. The van der Waals surface area contributed by atoms with E-state index in [1.165, 1.54) is 16.4 Å². The van der Waals surface area contributed by atoms with Crippen molar-refractivity contribution in [2.45, 2.75) is 24.3 Å². The molecule has 2 aromatic carbocycles. The number of ether oxygens (including phenoxy) is 2. The highest BCUT2D eigenvalue weighted by Crippen LogP contribution is 2.39. The van der Waals surface area contributed by atoms with Crippen LogP contribution in [0.3, 0.4) is 0 Å².